The fourth-order valence-corrected chi connectivity index (χ4v) is 4.94. The van der Waals surface area contributed by atoms with E-state index in [1.807, 2.05) is 43.3 Å². The van der Waals surface area contributed by atoms with E-state index < -0.39 is 20.5 Å². The van der Waals surface area contributed by atoms with Crippen molar-refractivity contribution >= 4 is 48.2 Å². The van der Waals surface area contributed by atoms with Gasteiger partial charge in [0.2, 0.25) is 11.8 Å². The van der Waals surface area contributed by atoms with Crippen LogP contribution in [0.4, 0.5) is 11.5 Å². The van der Waals surface area contributed by atoms with Gasteiger partial charge >= 0.3 is 7.82 Å². The average Bonchev–Trinajstić information content (AvgIpc) is 3.36. The number of amides is 2. The molecule has 2 aromatic heterocycles. The lowest BCUT2D eigenvalue weighted by molar-refractivity contribution is -0.125. The summed E-state index contributed by atoms with van der Waals surface area (Å²) in [4.78, 5) is 50.5. The molecule has 0 radical (unpaired) electrons. The summed E-state index contributed by atoms with van der Waals surface area (Å²) < 4.78 is 33.1. The first-order chi connectivity index (χ1) is 24.8. The molecule has 18 heteroatoms. The normalized spacial score (nSPS) is 12.6. The molecule has 4 aromatic rings. The van der Waals surface area contributed by atoms with Crippen molar-refractivity contribution < 1.29 is 52.6 Å². The molecule has 17 nitrogen and oxygen atoms in total. The van der Waals surface area contributed by atoms with Crippen LogP contribution in [0.3, 0.4) is 0 Å². The van der Waals surface area contributed by atoms with Crippen molar-refractivity contribution in [1.29, 1.82) is 0 Å². The van der Waals surface area contributed by atoms with Gasteiger partial charge in [-0.15, -0.1) is 0 Å². The molecule has 9 N–H and O–H groups in total. The number of aryl methyl sites for hydroxylation is 1. The van der Waals surface area contributed by atoms with Crippen LogP contribution in [0.15, 0.2) is 65.2 Å². The van der Waals surface area contributed by atoms with E-state index in [0.29, 0.717) is 59.5 Å². The van der Waals surface area contributed by atoms with Gasteiger partial charge < -0.3 is 55.6 Å². The number of nitrogens with one attached hydrogen (secondary N) is 1. The Balaban J connectivity index is 0.000000827. The molecular formula is C34H45N6O11P. The van der Waals surface area contributed by atoms with Gasteiger partial charge in [0.25, 0.3) is 0 Å². The maximum absolute atomic E-state index is 13.1. The van der Waals surface area contributed by atoms with Gasteiger partial charge in [-0.05, 0) is 42.8 Å². The highest BCUT2D eigenvalue weighted by molar-refractivity contribution is 7.46. The van der Waals surface area contributed by atoms with E-state index in [-0.39, 0.29) is 37.9 Å². The Kier molecular flexibility index (Phi) is 16.2. The lowest BCUT2D eigenvalue weighted by Crippen LogP contribution is -2.32. The zero-order valence-electron chi connectivity index (χ0n) is 29.1. The predicted octanol–water partition coefficient (Wildman–Crippen LogP) is 2.70. The number of phosphoric acid groups is 1. The van der Waals surface area contributed by atoms with Gasteiger partial charge in [0.1, 0.15) is 24.0 Å². The van der Waals surface area contributed by atoms with Gasteiger partial charge in [0.15, 0.2) is 17.2 Å². The van der Waals surface area contributed by atoms with E-state index in [4.69, 9.17) is 45.4 Å². The van der Waals surface area contributed by atoms with E-state index in [9.17, 15) is 14.2 Å². The van der Waals surface area contributed by atoms with Crippen molar-refractivity contribution in [1.82, 2.24) is 9.88 Å². The number of anilines is 2. The minimum atomic E-state index is -4.80. The van der Waals surface area contributed by atoms with E-state index in [1.54, 1.807) is 37.3 Å². The molecule has 5 rings (SSSR count). The summed E-state index contributed by atoms with van der Waals surface area (Å²) in [5, 5.41) is 19.4. The fraction of sp³-hybridized carbons (Fsp3) is 0.324. The summed E-state index contributed by atoms with van der Waals surface area (Å²) in [6.07, 6.45) is 4.53. The Morgan fingerprint density at radius 2 is 1.79 bits per heavy atom. The number of nitrogens with two attached hydrogens (primary N) is 2. The van der Waals surface area contributed by atoms with Gasteiger partial charge in [-0.1, -0.05) is 18.2 Å². The number of hydrogen-bond donors (Lipinski definition) is 7. The molecular weight excluding hydrogens is 699 g/mol. The van der Waals surface area contributed by atoms with Gasteiger partial charge in [-0.3, -0.25) is 19.0 Å². The van der Waals surface area contributed by atoms with Crippen molar-refractivity contribution in [3.05, 3.63) is 77.7 Å². The van der Waals surface area contributed by atoms with Crippen LogP contribution in [0.5, 0.6) is 17.2 Å². The van der Waals surface area contributed by atoms with Crippen LogP contribution in [0, 0.1) is 6.92 Å². The molecule has 0 atom stereocenters. The van der Waals surface area contributed by atoms with Crippen molar-refractivity contribution in [2.24, 2.45) is 11.5 Å². The number of benzene rings is 2. The summed E-state index contributed by atoms with van der Waals surface area (Å²) in [6.45, 7) is 2.70. The molecule has 0 spiro atoms. The van der Waals surface area contributed by atoms with Crippen LogP contribution < -0.4 is 31.2 Å². The first-order valence-electron chi connectivity index (χ1n) is 16.0. The summed E-state index contributed by atoms with van der Waals surface area (Å²) in [7, 11) is -1.52. The number of carbonyl (C=O) groups is 2. The third-order valence-electron chi connectivity index (χ3n) is 7.16. The predicted molar refractivity (Wildman–Crippen MR) is 195 cm³/mol. The Bertz CT molecular complexity index is 1850. The van der Waals surface area contributed by atoms with Crippen molar-refractivity contribution in [3.63, 3.8) is 0 Å². The Morgan fingerprint density at radius 3 is 2.44 bits per heavy atom. The van der Waals surface area contributed by atoms with E-state index in [1.165, 1.54) is 12.3 Å². The van der Waals surface area contributed by atoms with Gasteiger partial charge in [0.05, 0.1) is 26.0 Å². The molecule has 0 saturated carbocycles. The summed E-state index contributed by atoms with van der Waals surface area (Å²) >= 11 is 0. The summed E-state index contributed by atoms with van der Waals surface area (Å²) in [5.74, 6) is 1.96. The topological polar surface area (TPSA) is 256 Å². The van der Waals surface area contributed by atoms with Gasteiger partial charge in [0, 0.05) is 68.9 Å². The second-order valence-electron chi connectivity index (χ2n) is 11.0. The molecule has 2 aromatic carbocycles. The molecule has 0 saturated heterocycles. The molecule has 52 heavy (non-hydrogen) atoms. The highest BCUT2D eigenvalue weighted by atomic mass is 31.2. The van der Waals surface area contributed by atoms with E-state index in [2.05, 4.69) is 14.8 Å². The second kappa shape index (κ2) is 20.3. The Morgan fingerprint density at radius 1 is 1.12 bits per heavy atom. The lowest BCUT2D eigenvalue weighted by atomic mass is 10.1. The maximum Gasteiger partial charge on any atom is 0.471 e. The monoisotopic (exact) mass is 744 g/mol. The smallest absolute Gasteiger partial charge is 0.471 e. The van der Waals surface area contributed by atoms with Crippen LogP contribution in [0.1, 0.15) is 23.3 Å². The van der Waals surface area contributed by atoms with Crippen molar-refractivity contribution in [2.75, 3.05) is 64.0 Å². The molecule has 0 unspecified atom stereocenters. The van der Waals surface area contributed by atoms with E-state index >= 15 is 0 Å². The first kappa shape index (κ1) is 41.6. The lowest BCUT2D eigenvalue weighted by Gasteiger charge is -2.21. The number of para-hydroxylation sites is 1. The molecule has 0 aliphatic carbocycles. The van der Waals surface area contributed by atoms with Crippen LogP contribution in [0.25, 0.3) is 17.0 Å². The SMILES string of the molecule is COc1cccc(Oc2cccc3c(CN(C)C(=O)/C=C/c4cnc5c(c4)NCCC(=O)N5COP(=O)(O)O)c(C)oc23)c1.NCCO.NCCO. The zero-order chi connectivity index (χ0) is 38.3. The number of hydrogen-bond acceptors (Lipinski definition) is 13. The molecule has 1 aliphatic rings. The number of likely N-dealkylation sites (N-methyl/N-ethyl adjacent to an activating group) is 1. The highest BCUT2D eigenvalue weighted by Crippen LogP contribution is 2.38. The molecule has 0 fully saturated rings. The Hall–Kier alpha value is -4.84. The second-order valence-corrected chi connectivity index (χ2v) is 12.2. The number of phosphoric ester groups is 1. The highest BCUT2D eigenvalue weighted by Gasteiger charge is 2.27. The van der Waals surface area contributed by atoms with Crippen LogP contribution in [-0.2, 0) is 25.2 Å². The number of pyridine rings is 1. The quantitative estimate of drug-likeness (QED) is 0.0813. The number of methoxy groups -OCH3 is 1. The molecule has 282 valence electrons. The minimum absolute atomic E-state index is 0.0755. The number of carbonyl (C=O) groups excluding carboxylic acids is 2. The standard InChI is InChI=1S/C30H31N4O9P.2C2H7NO/c1-19-24(23-8-5-9-26(29(23)42-19)43-22-7-4-6-21(15-22)40-3)17-33(2)27(35)11-10-20-14-25-30(32-16-20)34(18-41-44(37,38)39)28(36)12-13-31-25;2*3-1-2-4/h4-11,14-16,31H,12-13,17-18H2,1-3H3,(H2,37,38,39);2*4H,1-3H2/b11-10+;;. The van der Waals surface area contributed by atoms with Crippen LogP contribution in [-0.4, -0.2) is 95.4 Å². The largest absolute Gasteiger partial charge is 0.497 e. The molecule has 1 aliphatic heterocycles. The summed E-state index contributed by atoms with van der Waals surface area (Å²) in [5.41, 5.74) is 12.0. The minimum Gasteiger partial charge on any atom is -0.497 e. The number of nitrogens with zero attached hydrogens (tertiary/aromatic N) is 3. The average molecular weight is 745 g/mol. The molecule has 3 heterocycles. The molecule has 0 bridgehead atoms. The number of aliphatic hydroxyl groups excluding tert-OH is 2. The number of rotatable bonds is 12. The number of furan rings is 1. The van der Waals surface area contributed by atoms with E-state index in [0.717, 1.165) is 15.8 Å². The summed E-state index contributed by atoms with van der Waals surface area (Å²) in [6, 6.07) is 14.5. The van der Waals surface area contributed by atoms with Gasteiger partial charge in [-0.2, -0.15) is 0 Å². The number of aromatic nitrogens is 1. The maximum atomic E-state index is 13.1. The van der Waals surface area contributed by atoms with Crippen LogP contribution in [0.2, 0.25) is 0 Å². The first-order valence-corrected chi connectivity index (χ1v) is 17.5. The third kappa shape index (κ3) is 12.1. The fourth-order valence-electron chi connectivity index (χ4n) is 4.67. The zero-order valence-corrected chi connectivity index (χ0v) is 30.0. The van der Waals surface area contributed by atoms with Crippen molar-refractivity contribution in [2.45, 2.75) is 19.9 Å². The van der Waals surface area contributed by atoms with Crippen LogP contribution >= 0.6 is 7.82 Å². The molecule has 2 amide bonds. The van der Waals surface area contributed by atoms with Crippen molar-refractivity contribution in [3.8, 4) is 17.2 Å². The number of ether oxygens (including phenoxy) is 2. The van der Waals surface area contributed by atoms with Gasteiger partial charge in [-0.25, -0.2) is 9.55 Å². The Labute approximate surface area is 300 Å². The number of fused-ring (bicyclic) bond motifs is 2. The number of aliphatic hydroxyl groups is 2. The third-order valence-corrected chi connectivity index (χ3v) is 7.61.